The molecule has 1 fully saturated rings. The van der Waals surface area contributed by atoms with E-state index in [9.17, 15) is 19.8 Å². The zero-order chi connectivity index (χ0) is 17.9. The molecule has 1 aliphatic rings. The van der Waals surface area contributed by atoms with E-state index in [1.165, 1.54) is 0 Å². The summed E-state index contributed by atoms with van der Waals surface area (Å²) >= 11 is 0. The van der Waals surface area contributed by atoms with Crippen LogP contribution in [0.15, 0.2) is 0 Å². The van der Waals surface area contributed by atoms with Gasteiger partial charge >= 0.3 is 11.9 Å². The number of hydrogen-bond donors (Lipinski definition) is 6. The van der Waals surface area contributed by atoms with Crippen LogP contribution >= 0.6 is 0 Å². The van der Waals surface area contributed by atoms with E-state index in [4.69, 9.17) is 10.2 Å². The zero-order valence-corrected chi connectivity index (χ0v) is 16.3. The fraction of sp³-hybridized carbons (Fsp3) is 0.857. The van der Waals surface area contributed by atoms with Gasteiger partial charge in [0.25, 0.3) is 0 Å². The van der Waals surface area contributed by atoms with Crippen molar-refractivity contribution in [3.8, 4) is 0 Å². The van der Waals surface area contributed by atoms with Crippen molar-refractivity contribution in [1.29, 1.82) is 0 Å². The molecule has 10 nitrogen and oxygen atoms in total. The van der Waals surface area contributed by atoms with Gasteiger partial charge in [-0.15, -0.1) is 0 Å². The first kappa shape index (κ1) is 25.0. The minimum absolute atomic E-state index is 0. The molecule has 0 bridgehead atoms. The van der Waals surface area contributed by atoms with E-state index in [0.29, 0.717) is 52.4 Å². The summed E-state index contributed by atoms with van der Waals surface area (Å²) in [5.41, 5.74) is 0. The number of carboxylic acid groups (broad SMARTS) is 2. The summed E-state index contributed by atoms with van der Waals surface area (Å²) in [5, 5.41) is 43.1. The van der Waals surface area contributed by atoms with Crippen LogP contribution in [0.4, 0.5) is 0 Å². The van der Waals surface area contributed by atoms with Crippen LogP contribution in [0.3, 0.4) is 0 Å². The van der Waals surface area contributed by atoms with Crippen LogP contribution in [0, 0.1) is 39.9 Å². The van der Waals surface area contributed by atoms with E-state index in [1.807, 2.05) is 0 Å². The Morgan fingerprint density at radius 3 is 1.24 bits per heavy atom. The molecule has 1 heterocycles. The maximum Gasteiger partial charge on any atom is 0.323 e. The number of carboxylic acids is 2. The molecule has 2 atom stereocenters. The van der Waals surface area contributed by atoms with Gasteiger partial charge in [-0.2, -0.15) is 0 Å². The van der Waals surface area contributed by atoms with Crippen LogP contribution in [-0.4, -0.2) is 120 Å². The molecule has 11 heteroatoms. The second-order valence-corrected chi connectivity index (χ2v) is 5.65. The van der Waals surface area contributed by atoms with Crippen molar-refractivity contribution in [2.45, 2.75) is 12.1 Å². The molecular weight excluding hydrogens is 477 g/mol. The van der Waals surface area contributed by atoms with Gasteiger partial charge in [-0.05, 0) is 0 Å². The van der Waals surface area contributed by atoms with E-state index in [-0.39, 0.29) is 39.9 Å². The Morgan fingerprint density at radius 2 is 1.04 bits per heavy atom. The monoisotopic (exact) mass is 506 g/mol. The summed E-state index contributed by atoms with van der Waals surface area (Å²) in [6.07, 6.45) is 0. The van der Waals surface area contributed by atoms with E-state index in [1.54, 1.807) is 9.80 Å². The normalized spacial score (nSPS) is 21.2. The zero-order valence-electron chi connectivity index (χ0n) is 14.1. The van der Waals surface area contributed by atoms with Crippen molar-refractivity contribution in [1.82, 2.24) is 20.4 Å². The number of aliphatic hydroxyl groups excluding tert-OH is 2. The van der Waals surface area contributed by atoms with Gasteiger partial charge < -0.3 is 31.1 Å². The summed E-state index contributed by atoms with van der Waals surface area (Å²) in [4.78, 5) is 25.8. The molecule has 1 rings (SSSR count). The minimum Gasteiger partial charge on any atom is -0.480 e. The molecule has 0 amide bonds. The maximum absolute atomic E-state index is 11.2. The smallest absolute Gasteiger partial charge is 0.323 e. The Hall–Kier alpha value is 0.0247. The number of nitrogens with zero attached hydrogens (tertiary/aromatic N) is 2. The standard InChI is InChI=1S/C14H28N4O6.Gd/c19-9-11(13(21)22)17-5-1-15-2-6-18(8-4-16-3-7-17)12(10-20)14(23)24;/h11-12,15-16,19-20H,1-10H2,(H,21,22)(H,23,24);. The molecule has 2 unspecified atom stereocenters. The first-order valence-corrected chi connectivity index (χ1v) is 8.08. The van der Waals surface area contributed by atoms with E-state index in [0.717, 1.165) is 0 Å². The van der Waals surface area contributed by atoms with Crippen molar-refractivity contribution in [3.63, 3.8) is 0 Å². The van der Waals surface area contributed by atoms with Crippen LogP contribution in [0.25, 0.3) is 0 Å². The largest absolute Gasteiger partial charge is 0.480 e. The summed E-state index contributed by atoms with van der Waals surface area (Å²) in [6, 6.07) is -1.86. The van der Waals surface area contributed by atoms with Crippen molar-refractivity contribution >= 4 is 11.9 Å². The number of nitrogens with one attached hydrogen (secondary N) is 2. The van der Waals surface area contributed by atoms with Crippen molar-refractivity contribution in [3.05, 3.63) is 0 Å². The van der Waals surface area contributed by atoms with Crippen LogP contribution in [0.5, 0.6) is 0 Å². The topological polar surface area (TPSA) is 146 Å². The average Bonchev–Trinajstić information content (AvgIpc) is 2.51. The Morgan fingerprint density at radius 1 is 0.760 bits per heavy atom. The number of aliphatic carboxylic acids is 2. The Kier molecular flexibility index (Phi) is 14.1. The molecule has 0 aromatic heterocycles. The summed E-state index contributed by atoms with van der Waals surface area (Å²) in [6.45, 7) is 3.04. The predicted octanol–water partition coefficient (Wildman–Crippen LogP) is -3.33. The van der Waals surface area contributed by atoms with Crippen LogP contribution in [-0.2, 0) is 9.59 Å². The van der Waals surface area contributed by atoms with Crippen molar-refractivity contribution in [2.24, 2.45) is 0 Å². The average molecular weight is 506 g/mol. The molecule has 25 heavy (non-hydrogen) atoms. The Labute approximate surface area is 179 Å². The molecule has 1 saturated heterocycles. The first-order valence-electron chi connectivity index (χ1n) is 8.08. The van der Waals surface area contributed by atoms with Gasteiger partial charge in [-0.1, -0.05) is 0 Å². The third-order valence-corrected chi connectivity index (χ3v) is 4.10. The first-order chi connectivity index (χ1) is 11.5. The summed E-state index contributed by atoms with van der Waals surface area (Å²) in [5.74, 6) is -2.11. The fourth-order valence-corrected chi connectivity index (χ4v) is 2.69. The second-order valence-electron chi connectivity index (χ2n) is 5.65. The summed E-state index contributed by atoms with van der Waals surface area (Å²) < 4.78 is 0. The summed E-state index contributed by atoms with van der Waals surface area (Å²) in [7, 11) is 0. The molecule has 0 aliphatic carbocycles. The molecule has 0 aromatic carbocycles. The molecule has 148 valence electrons. The SMILES string of the molecule is O=C(O)C(CO)N1CCNCCN(C(CO)C(=O)O)CCNCC1.[Gd]. The number of rotatable bonds is 6. The number of hydrogen-bond acceptors (Lipinski definition) is 8. The molecular formula is C14H28GdN4O6. The second kappa shape index (κ2) is 14.1. The van der Waals surface area contributed by atoms with Crippen molar-refractivity contribution in [2.75, 3.05) is 65.6 Å². The quantitative estimate of drug-likeness (QED) is 0.217. The minimum atomic E-state index is -1.05. The number of aliphatic hydroxyl groups is 2. The third-order valence-electron chi connectivity index (χ3n) is 4.10. The molecule has 0 radical (unpaired) electrons. The molecule has 1 aliphatic heterocycles. The molecule has 6 N–H and O–H groups in total. The third kappa shape index (κ3) is 8.98. The van der Waals surface area contributed by atoms with Crippen LogP contribution in [0.1, 0.15) is 0 Å². The predicted molar refractivity (Wildman–Crippen MR) is 85.9 cm³/mol. The van der Waals surface area contributed by atoms with Gasteiger partial charge in [0.2, 0.25) is 0 Å². The Bertz CT molecular complexity index is 356. The molecule has 0 aromatic rings. The number of carbonyl (C=O) groups is 2. The maximum atomic E-state index is 11.2. The van der Waals surface area contributed by atoms with E-state index >= 15 is 0 Å². The van der Waals surface area contributed by atoms with E-state index in [2.05, 4.69) is 10.6 Å². The fourth-order valence-electron chi connectivity index (χ4n) is 2.69. The van der Waals surface area contributed by atoms with Gasteiger partial charge in [-0.25, -0.2) is 0 Å². The van der Waals surface area contributed by atoms with Crippen molar-refractivity contribution < 1.29 is 70.0 Å². The molecule has 0 spiro atoms. The van der Waals surface area contributed by atoms with Gasteiger partial charge in [0, 0.05) is 92.3 Å². The van der Waals surface area contributed by atoms with Gasteiger partial charge in [0.05, 0.1) is 13.2 Å². The van der Waals surface area contributed by atoms with Gasteiger partial charge in [-0.3, -0.25) is 19.4 Å². The van der Waals surface area contributed by atoms with Crippen LogP contribution < -0.4 is 10.6 Å². The Balaban J connectivity index is 0.00000576. The van der Waals surface area contributed by atoms with E-state index < -0.39 is 37.2 Å². The van der Waals surface area contributed by atoms with Gasteiger partial charge in [0.15, 0.2) is 0 Å². The van der Waals surface area contributed by atoms with Crippen LogP contribution in [0.2, 0.25) is 0 Å². The molecule has 0 saturated carbocycles. The van der Waals surface area contributed by atoms with Gasteiger partial charge in [0.1, 0.15) is 12.1 Å².